The summed E-state index contributed by atoms with van der Waals surface area (Å²) in [5.74, 6) is 1.72. The minimum absolute atomic E-state index is 0.432. The van der Waals surface area contributed by atoms with Crippen molar-refractivity contribution in [3.05, 3.63) is 30.1 Å². The minimum Gasteiger partial charge on any atom is -0.307 e. The van der Waals surface area contributed by atoms with E-state index in [4.69, 9.17) is 0 Å². The van der Waals surface area contributed by atoms with Gasteiger partial charge in [-0.25, -0.2) is 0 Å². The molecule has 2 nitrogen and oxygen atoms in total. The van der Waals surface area contributed by atoms with Crippen LogP contribution in [0.5, 0.6) is 0 Å². The van der Waals surface area contributed by atoms with E-state index in [2.05, 4.69) is 43.2 Å². The van der Waals surface area contributed by atoms with E-state index in [1.165, 1.54) is 24.8 Å². The van der Waals surface area contributed by atoms with Gasteiger partial charge in [-0.3, -0.25) is 4.98 Å². The van der Waals surface area contributed by atoms with Gasteiger partial charge in [0, 0.05) is 24.5 Å². The number of rotatable bonds is 4. The molecular weight excluding hydrogens is 208 g/mol. The average Bonchev–Trinajstić information content (AvgIpc) is 2.71. The maximum absolute atomic E-state index is 4.07. The molecule has 94 valence electrons. The molecule has 1 aliphatic carbocycles. The molecule has 1 aromatic rings. The van der Waals surface area contributed by atoms with Gasteiger partial charge in [0.25, 0.3) is 0 Å². The maximum atomic E-state index is 4.07. The molecule has 1 aromatic heterocycles. The van der Waals surface area contributed by atoms with Crippen molar-refractivity contribution in [2.24, 2.45) is 11.8 Å². The van der Waals surface area contributed by atoms with Gasteiger partial charge in [0.15, 0.2) is 0 Å². The highest BCUT2D eigenvalue weighted by Crippen LogP contribution is 2.34. The molecule has 0 radical (unpaired) electrons. The highest BCUT2D eigenvalue weighted by molar-refractivity contribution is 5.14. The fraction of sp³-hybridized carbons (Fsp3) is 0.667. The summed E-state index contributed by atoms with van der Waals surface area (Å²) >= 11 is 0. The van der Waals surface area contributed by atoms with E-state index >= 15 is 0 Å². The first-order valence-electron chi connectivity index (χ1n) is 6.88. The van der Waals surface area contributed by atoms with Crippen molar-refractivity contribution in [3.63, 3.8) is 0 Å². The summed E-state index contributed by atoms with van der Waals surface area (Å²) in [5, 5.41) is 3.78. The van der Waals surface area contributed by atoms with Gasteiger partial charge in [-0.2, -0.15) is 0 Å². The predicted molar refractivity (Wildman–Crippen MR) is 71.8 cm³/mol. The summed E-state index contributed by atoms with van der Waals surface area (Å²) in [5.41, 5.74) is 1.34. The van der Waals surface area contributed by atoms with Crippen LogP contribution in [0.1, 0.15) is 51.6 Å². The molecule has 0 amide bonds. The van der Waals surface area contributed by atoms with Crippen LogP contribution in [0.15, 0.2) is 24.5 Å². The Bertz CT molecular complexity index is 336. The smallest absolute Gasteiger partial charge is 0.0295 e. The van der Waals surface area contributed by atoms with Gasteiger partial charge < -0.3 is 5.32 Å². The van der Waals surface area contributed by atoms with Crippen molar-refractivity contribution in [3.8, 4) is 0 Å². The van der Waals surface area contributed by atoms with Crippen molar-refractivity contribution in [1.82, 2.24) is 10.3 Å². The van der Waals surface area contributed by atoms with E-state index in [-0.39, 0.29) is 0 Å². The summed E-state index contributed by atoms with van der Waals surface area (Å²) in [6.07, 6.45) is 7.79. The van der Waals surface area contributed by atoms with Crippen LogP contribution in [0.3, 0.4) is 0 Å². The number of pyridine rings is 1. The molecule has 17 heavy (non-hydrogen) atoms. The van der Waals surface area contributed by atoms with Crippen molar-refractivity contribution >= 4 is 0 Å². The van der Waals surface area contributed by atoms with E-state index in [1.807, 2.05) is 12.4 Å². The van der Waals surface area contributed by atoms with E-state index in [9.17, 15) is 0 Å². The van der Waals surface area contributed by atoms with Crippen LogP contribution in [0.25, 0.3) is 0 Å². The Morgan fingerprint density at radius 3 is 2.65 bits per heavy atom. The van der Waals surface area contributed by atoms with Gasteiger partial charge in [0.05, 0.1) is 0 Å². The summed E-state index contributed by atoms with van der Waals surface area (Å²) in [6.45, 7) is 6.97. The lowest BCUT2D eigenvalue weighted by Crippen LogP contribution is -2.34. The van der Waals surface area contributed by atoms with Gasteiger partial charge >= 0.3 is 0 Å². The molecule has 1 saturated carbocycles. The zero-order valence-electron chi connectivity index (χ0n) is 11.2. The topological polar surface area (TPSA) is 24.9 Å². The second-order valence-corrected chi connectivity index (χ2v) is 5.38. The maximum Gasteiger partial charge on any atom is 0.0295 e. The third-order valence-corrected chi connectivity index (χ3v) is 4.42. The van der Waals surface area contributed by atoms with Gasteiger partial charge in [-0.05, 0) is 49.3 Å². The second-order valence-electron chi connectivity index (χ2n) is 5.38. The van der Waals surface area contributed by atoms with E-state index in [1.54, 1.807) is 0 Å². The lowest BCUT2D eigenvalue weighted by Gasteiger charge is -2.25. The molecule has 0 aromatic carbocycles. The Morgan fingerprint density at radius 1 is 1.35 bits per heavy atom. The van der Waals surface area contributed by atoms with Crippen molar-refractivity contribution in [1.29, 1.82) is 0 Å². The monoisotopic (exact) mass is 232 g/mol. The van der Waals surface area contributed by atoms with Gasteiger partial charge in [-0.15, -0.1) is 0 Å². The molecule has 2 rings (SSSR count). The van der Waals surface area contributed by atoms with Gasteiger partial charge in [-0.1, -0.05) is 20.3 Å². The van der Waals surface area contributed by atoms with Gasteiger partial charge in [0.2, 0.25) is 0 Å². The lowest BCUT2D eigenvalue weighted by atomic mass is 9.93. The van der Waals surface area contributed by atoms with Crippen LogP contribution in [0.2, 0.25) is 0 Å². The van der Waals surface area contributed by atoms with Crippen LogP contribution in [0.4, 0.5) is 0 Å². The zero-order chi connectivity index (χ0) is 12.3. The largest absolute Gasteiger partial charge is 0.307 e. The fourth-order valence-electron chi connectivity index (χ4n) is 3.13. The third kappa shape index (κ3) is 2.86. The quantitative estimate of drug-likeness (QED) is 0.858. The predicted octanol–water partition coefficient (Wildman–Crippen LogP) is 3.56. The number of nitrogens with zero attached hydrogens (tertiary/aromatic N) is 1. The molecule has 1 N–H and O–H groups in total. The first-order chi connectivity index (χ1) is 8.22. The highest BCUT2D eigenvalue weighted by atomic mass is 15.0. The second kappa shape index (κ2) is 5.63. The van der Waals surface area contributed by atoms with Crippen LogP contribution < -0.4 is 5.32 Å². The molecule has 4 unspecified atom stereocenters. The summed E-state index contributed by atoms with van der Waals surface area (Å²) in [6, 6.07) is 5.33. The highest BCUT2D eigenvalue weighted by Gasteiger charge is 2.31. The Balaban J connectivity index is 1.94. The number of hydrogen-bond donors (Lipinski definition) is 1. The summed E-state index contributed by atoms with van der Waals surface area (Å²) < 4.78 is 0. The zero-order valence-corrected chi connectivity index (χ0v) is 11.2. The van der Waals surface area contributed by atoms with Crippen LogP contribution >= 0.6 is 0 Å². The molecule has 0 spiro atoms. The molecule has 1 fully saturated rings. The SMILES string of the molecule is CCC1CCC(NC(C)c2ccncc2)C1C. The normalized spacial score (nSPS) is 30.4. The molecule has 1 heterocycles. The molecule has 2 heteroatoms. The number of nitrogens with one attached hydrogen (secondary N) is 1. The fourth-order valence-corrected chi connectivity index (χ4v) is 3.13. The van der Waals surface area contributed by atoms with E-state index in [0.29, 0.717) is 12.1 Å². The van der Waals surface area contributed by atoms with Crippen LogP contribution in [-0.2, 0) is 0 Å². The lowest BCUT2D eigenvalue weighted by molar-refractivity contribution is 0.327. The van der Waals surface area contributed by atoms with Crippen molar-refractivity contribution in [2.45, 2.75) is 52.1 Å². The van der Waals surface area contributed by atoms with Gasteiger partial charge in [0.1, 0.15) is 0 Å². The summed E-state index contributed by atoms with van der Waals surface area (Å²) in [7, 11) is 0. The first-order valence-corrected chi connectivity index (χ1v) is 6.88. The number of hydrogen-bond acceptors (Lipinski definition) is 2. The Morgan fingerprint density at radius 2 is 2.06 bits per heavy atom. The van der Waals surface area contributed by atoms with Crippen LogP contribution in [-0.4, -0.2) is 11.0 Å². The molecule has 4 atom stereocenters. The van der Waals surface area contributed by atoms with E-state index in [0.717, 1.165) is 11.8 Å². The third-order valence-electron chi connectivity index (χ3n) is 4.42. The Kier molecular flexibility index (Phi) is 4.16. The van der Waals surface area contributed by atoms with Crippen molar-refractivity contribution < 1.29 is 0 Å². The molecule has 0 bridgehead atoms. The molecule has 0 aliphatic heterocycles. The van der Waals surface area contributed by atoms with Crippen molar-refractivity contribution in [2.75, 3.05) is 0 Å². The molecular formula is C15H24N2. The minimum atomic E-state index is 0.432. The summed E-state index contributed by atoms with van der Waals surface area (Å²) in [4.78, 5) is 4.07. The Hall–Kier alpha value is -0.890. The Labute approximate surface area is 105 Å². The molecule has 0 saturated heterocycles. The molecule has 1 aliphatic rings. The standard InChI is InChI=1S/C15H24N2/c1-4-13-5-6-15(11(13)2)17-12(3)14-7-9-16-10-8-14/h7-13,15,17H,4-6H2,1-3H3. The first kappa shape index (κ1) is 12.6. The van der Waals surface area contributed by atoms with E-state index < -0.39 is 0 Å². The number of aromatic nitrogens is 1. The van der Waals surface area contributed by atoms with Crippen LogP contribution in [0, 0.1) is 11.8 Å². The average molecular weight is 232 g/mol.